The number of nitrogens with zero attached hydrogens (tertiary/aromatic N) is 2. The number of nitrogen functional groups attached to an aromatic ring is 1. The van der Waals surface area contributed by atoms with Crippen molar-refractivity contribution >= 4 is 34.7 Å². The highest BCUT2D eigenvalue weighted by Crippen LogP contribution is 2.34. The van der Waals surface area contributed by atoms with E-state index in [2.05, 4.69) is 17.2 Å². The van der Waals surface area contributed by atoms with Crippen molar-refractivity contribution in [3.63, 3.8) is 0 Å². The molecule has 1 aliphatic heterocycles. The van der Waals surface area contributed by atoms with Crippen LogP contribution in [0.5, 0.6) is 0 Å². The van der Waals surface area contributed by atoms with Gasteiger partial charge in [-0.15, -0.1) is 0 Å². The molecule has 1 saturated heterocycles. The number of hydrogen-bond donors (Lipinski definition) is 2. The van der Waals surface area contributed by atoms with Gasteiger partial charge in [0.15, 0.2) is 0 Å². The van der Waals surface area contributed by atoms with Crippen molar-refractivity contribution in [2.24, 2.45) is 5.92 Å². The van der Waals surface area contributed by atoms with Crippen LogP contribution in [0, 0.1) is 12.8 Å². The lowest BCUT2D eigenvalue weighted by molar-refractivity contribution is -0.146. The van der Waals surface area contributed by atoms with Crippen LogP contribution in [0.3, 0.4) is 0 Å². The number of aryl methyl sites for hydroxylation is 1. The van der Waals surface area contributed by atoms with Gasteiger partial charge in [-0.05, 0) is 59.7 Å². The van der Waals surface area contributed by atoms with Crippen LogP contribution in [-0.2, 0) is 9.59 Å². The van der Waals surface area contributed by atoms with Gasteiger partial charge in [0.2, 0.25) is 0 Å². The molecule has 0 aromatic carbocycles. The summed E-state index contributed by atoms with van der Waals surface area (Å²) >= 11 is 1.60. The summed E-state index contributed by atoms with van der Waals surface area (Å²) in [5.41, 5.74) is 8.02. The molecule has 0 bridgehead atoms. The van der Waals surface area contributed by atoms with Gasteiger partial charge in [0.1, 0.15) is 5.82 Å². The summed E-state index contributed by atoms with van der Waals surface area (Å²) < 4.78 is 0. The van der Waals surface area contributed by atoms with Crippen LogP contribution in [0.25, 0.3) is 0 Å². The number of nitrogens with two attached hydrogens (primary N) is 1. The Morgan fingerprint density at radius 3 is 2.88 bits per heavy atom. The lowest BCUT2D eigenvalue weighted by Gasteiger charge is -2.38. The second-order valence-electron chi connectivity index (χ2n) is 6.59. The number of thiophene rings is 1. The minimum absolute atomic E-state index is 0.0352. The minimum atomic E-state index is -0.639. The van der Waals surface area contributed by atoms with E-state index in [0.29, 0.717) is 24.0 Å². The molecule has 3 N–H and O–H groups in total. The van der Waals surface area contributed by atoms with E-state index in [0.717, 1.165) is 24.0 Å². The van der Waals surface area contributed by atoms with E-state index >= 15 is 0 Å². The number of carbonyl (C=O) groups is 2. The number of aromatic nitrogens is 1. The first-order valence-corrected chi connectivity index (χ1v) is 9.26. The van der Waals surface area contributed by atoms with Crippen molar-refractivity contribution in [1.29, 1.82) is 0 Å². The average Bonchev–Trinajstić information content (AvgIpc) is 3.11. The number of rotatable bonds is 2. The largest absolute Gasteiger partial charge is 0.383 e. The van der Waals surface area contributed by atoms with Crippen molar-refractivity contribution in [2.45, 2.75) is 32.7 Å². The Balaban J connectivity index is 1.76. The van der Waals surface area contributed by atoms with Gasteiger partial charge in [0.05, 0.1) is 17.9 Å². The van der Waals surface area contributed by atoms with E-state index in [1.54, 1.807) is 29.2 Å². The number of hydrogen-bond acceptors (Lipinski definition) is 5. The van der Waals surface area contributed by atoms with E-state index in [1.165, 1.54) is 6.20 Å². The number of anilines is 2. The Bertz CT molecular complexity index is 775. The third-order valence-electron chi connectivity index (χ3n) is 4.58. The fraction of sp³-hybridized carbons (Fsp3) is 0.389. The predicted octanol–water partition coefficient (Wildman–Crippen LogP) is 2.97. The van der Waals surface area contributed by atoms with E-state index in [9.17, 15) is 9.59 Å². The van der Waals surface area contributed by atoms with Crippen molar-refractivity contribution in [3.05, 3.63) is 40.2 Å². The fourth-order valence-corrected chi connectivity index (χ4v) is 3.86. The zero-order chi connectivity index (χ0) is 18.0. The highest BCUT2D eigenvalue weighted by atomic mass is 32.1. The van der Waals surface area contributed by atoms with Crippen LogP contribution in [0.1, 0.15) is 36.9 Å². The Kier molecular flexibility index (Phi) is 5.03. The molecule has 0 unspecified atom stereocenters. The predicted molar refractivity (Wildman–Crippen MR) is 99.2 cm³/mol. The molecule has 3 rings (SSSR count). The molecule has 1 fully saturated rings. The SMILES string of the molecule is Cc1cc(NC(=O)C(=O)N2C[C@H](C)CC[C@H]2c2ccsc2)cnc1N. The molecule has 2 atom stereocenters. The van der Waals surface area contributed by atoms with Crippen molar-refractivity contribution in [1.82, 2.24) is 9.88 Å². The zero-order valence-electron chi connectivity index (χ0n) is 14.4. The smallest absolute Gasteiger partial charge is 0.313 e. The molecule has 25 heavy (non-hydrogen) atoms. The number of carbonyl (C=O) groups excluding carboxylic acids is 2. The molecule has 2 aromatic rings. The van der Waals surface area contributed by atoms with Crippen molar-refractivity contribution in [2.75, 3.05) is 17.6 Å². The maximum atomic E-state index is 12.8. The molecule has 0 aliphatic carbocycles. The van der Waals surface area contributed by atoms with E-state index < -0.39 is 11.8 Å². The molecule has 2 aromatic heterocycles. The number of pyridine rings is 1. The summed E-state index contributed by atoms with van der Waals surface area (Å²) in [5, 5.41) is 6.69. The lowest BCUT2D eigenvalue weighted by Crippen LogP contribution is -2.46. The van der Waals surface area contributed by atoms with Gasteiger partial charge in [-0.25, -0.2) is 4.98 Å². The number of nitrogens with one attached hydrogen (secondary N) is 1. The maximum Gasteiger partial charge on any atom is 0.313 e. The molecular formula is C18H22N4O2S. The van der Waals surface area contributed by atoms with E-state index in [-0.39, 0.29) is 6.04 Å². The van der Waals surface area contributed by atoms with Crippen LogP contribution in [0.2, 0.25) is 0 Å². The molecule has 0 radical (unpaired) electrons. The standard InChI is InChI=1S/C18H22N4O2S/c1-11-3-4-15(13-5-6-25-10-13)22(9-11)18(24)17(23)21-14-7-12(2)16(19)20-8-14/h5-8,10-11,15H,3-4,9H2,1-2H3,(H2,19,20)(H,21,23)/t11-,15+/m1/s1. The summed E-state index contributed by atoms with van der Waals surface area (Å²) in [4.78, 5) is 31.0. The van der Waals surface area contributed by atoms with Crippen LogP contribution < -0.4 is 11.1 Å². The summed E-state index contributed by atoms with van der Waals surface area (Å²) in [7, 11) is 0. The molecule has 6 nitrogen and oxygen atoms in total. The topological polar surface area (TPSA) is 88.3 Å². The monoisotopic (exact) mass is 358 g/mol. The normalized spacial score (nSPS) is 20.3. The van der Waals surface area contributed by atoms with Crippen LogP contribution >= 0.6 is 11.3 Å². The Morgan fingerprint density at radius 1 is 1.40 bits per heavy atom. The van der Waals surface area contributed by atoms with Gasteiger partial charge < -0.3 is 16.0 Å². The lowest BCUT2D eigenvalue weighted by atomic mass is 9.91. The summed E-state index contributed by atoms with van der Waals surface area (Å²) in [5.74, 6) is -0.351. The number of piperidine rings is 1. The van der Waals surface area contributed by atoms with Gasteiger partial charge in [-0.1, -0.05) is 6.92 Å². The summed E-state index contributed by atoms with van der Waals surface area (Å²) in [6, 6.07) is 3.70. The van der Waals surface area contributed by atoms with Crippen molar-refractivity contribution < 1.29 is 9.59 Å². The third kappa shape index (κ3) is 3.82. The number of amides is 2. The first-order valence-electron chi connectivity index (χ1n) is 8.32. The van der Waals surface area contributed by atoms with E-state index in [1.807, 2.05) is 16.8 Å². The van der Waals surface area contributed by atoms with Gasteiger partial charge in [-0.2, -0.15) is 11.3 Å². The van der Waals surface area contributed by atoms with Gasteiger partial charge in [0, 0.05) is 6.54 Å². The Morgan fingerprint density at radius 2 is 2.20 bits per heavy atom. The van der Waals surface area contributed by atoms with Crippen LogP contribution in [0.15, 0.2) is 29.1 Å². The van der Waals surface area contributed by atoms with Crippen LogP contribution in [0.4, 0.5) is 11.5 Å². The maximum absolute atomic E-state index is 12.8. The molecule has 3 heterocycles. The molecule has 0 saturated carbocycles. The molecular weight excluding hydrogens is 336 g/mol. The van der Waals surface area contributed by atoms with E-state index in [4.69, 9.17) is 5.73 Å². The highest BCUT2D eigenvalue weighted by molar-refractivity contribution is 7.08. The quantitative estimate of drug-likeness (QED) is 0.808. The van der Waals surface area contributed by atoms with Gasteiger partial charge in [0.25, 0.3) is 0 Å². The Labute approximate surface area is 151 Å². The molecule has 132 valence electrons. The second kappa shape index (κ2) is 7.23. The summed E-state index contributed by atoms with van der Waals surface area (Å²) in [6.07, 6.45) is 3.38. The zero-order valence-corrected chi connectivity index (χ0v) is 15.2. The molecule has 1 aliphatic rings. The number of likely N-dealkylation sites (tertiary alicyclic amines) is 1. The second-order valence-corrected chi connectivity index (χ2v) is 7.37. The molecule has 7 heteroatoms. The van der Waals surface area contributed by atoms with Gasteiger partial charge in [-0.3, -0.25) is 9.59 Å². The van der Waals surface area contributed by atoms with Crippen molar-refractivity contribution in [3.8, 4) is 0 Å². The Hall–Kier alpha value is -2.41. The minimum Gasteiger partial charge on any atom is -0.383 e. The molecule has 2 amide bonds. The summed E-state index contributed by atoms with van der Waals surface area (Å²) in [6.45, 7) is 4.50. The molecule has 0 spiro atoms. The van der Waals surface area contributed by atoms with Crippen LogP contribution in [-0.4, -0.2) is 28.2 Å². The first kappa shape index (κ1) is 17.4. The highest BCUT2D eigenvalue weighted by Gasteiger charge is 2.34. The van der Waals surface area contributed by atoms with Gasteiger partial charge >= 0.3 is 11.8 Å². The third-order valence-corrected chi connectivity index (χ3v) is 5.28. The first-order chi connectivity index (χ1) is 12.0. The average molecular weight is 358 g/mol. The fourth-order valence-electron chi connectivity index (χ4n) is 3.16.